The molecule has 0 spiro atoms. The quantitative estimate of drug-likeness (QED) is 0.652. The molecule has 78 valence electrons. The maximum atomic E-state index is 3.50. The van der Waals surface area contributed by atoms with Crippen molar-refractivity contribution in [3.05, 3.63) is 0 Å². The van der Waals surface area contributed by atoms with Crippen LogP contribution in [0.4, 0.5) is 0 Å². The standard InChI is InChI=1S/C10H23N3/c1-9(2)6-12-8-10-7-11-4-5-13(10)3/h9-12H,4-8H2,1-3H3. The highest BCUT2D eigenvalue weighted by atomic mass is 15.2. The van der Waals surface area contributed by atoms with Gasteiger partial charge in [0.2, 0.25) is 0 Å². The number of hydrogen-bond acceptors (Lipinski definition) is 3. The van der Waals surface area contributed by atoms with E-state index in [-0.39, 0.29) is 0 Å². The van der Waals surface area contributed by atoms with Gasteiger partial charge in [0.1, 0.15) is 0 Å². The van der Waals surface area contributed by atoms with Gasteiger partial charge >= 0.3 is 0 Å². The van der Waals surface area contributed by atoms with Crippen LogP contribution >= 0.6 is 0 Å². The third kappa shape index (κ3) is 4.07. The van der Waals surface area contributed by atoms with Crippen molar-refractivity contribution < 1.29 is 0 Å². The molecule has 0 aromatic carbocycles. The van der Waals surface area contributed by atoms with E-state index in [1.165, 1.54) is 6.54 Å². The molecule has 1 saturated heterocycles. The summed E-state index contributed by atoms with van der Waals surface area (Å²) in [6.07, 6.45) is 0. The van der Waals surface area contributed by atoms with Gasteiger partial charge in [-0.1, -0.05) is 13.8 Å². The second-order valence-corrected chi connectivity index (χ2v) is 4.39. The van der Waals surface area contributed by atoms with Crippen LogP contribution < -0.4 is 10.6 Å². The first-order chi connectivity index (χ1) is 6.20. The van der Waals surface area contributed by atoms with Crippen molar-refractivity contribution in [2.45, 2.75) is 19.9 Å². The maximum absolute atomic E-state index is 3.50. The van der Waals surface area contributed by atoms with E-state index in [1.54, 1.807) is 0 Å². The topological polar surface area (TPSA) is 27.3 Å². The number of rotatable bonds is 4. The Morgan fingerprint density at radius 3 is 2.92 bits per heavy atom. The Morgan fingerprint density at radius 1 is 1.54 bits per heavy atom. The Kier molecular flexibility index (Phi) is 4.70. The molecule has 1 rings (SSSR count). The fourth-order valence-corrected chi connectivity index (χ4v) is 1.63. The molecule has 0 aromatic rings. The lowest BCUT2D eigenvalue weighted by Gasteiger charge is -2.33. The predicted molar refractivity (Wildman–Crippen MR) is 57.0 cm³/mol. The lowest BCUT2D eigenvalue weighted by molar-refractivity contribution is 0.194. The molecule has 0 aliphatic carbocycles. The molecule has 0 aromatic heterocycles. The van der Waals surface area contributed by atoms with Crippen LogP contribution in [-0.2, 0) is 0 Å². The number of nitrogens with one attached hydrogen (secondary N) is 2. The largest absolute Gasteiger partial charge is 0.315 e. The van der Waals surface area contributed by atoms with E-state index in [0.717, 1.165) is 32.1 Å². The average molecular weight is 185 g/mol. The molecule has 1 aliphatic rings. The number of piperazine rings is 1. The summed E-state index contributed by atoms with van der Waals surface area (Å²) in [5.41, 5.74) is 0. The summed E-state index contributed by atoms with van der Waals surface area (Å²) in [7, 11) is 2.21. The fourth-order valence-electron chi connectivity index (χ4n) is 1.63. The van der Waals surface area contributed by atoms with E-state index in [0.29, 0.717) is 6.04 Å². The van der Waals surface area contributed by atoms with Crippen molar-refractivity contribution in [3.8, 4) is 0 Å². The smallest absolute Gasteiger partial charge is 0.0342 e. The van der Waals surface area contributed by atoms with Crippen LogP contribution in [-0.4, -0.2) is 50.7 Å². The summed E-state index contributed by atoms with van der Waals surface area (Å²) in [4.78, 5) is 2.43. The zero-order valence-electron chi connectivity index (χ0n) is 9.14. The van der Waals surface area contributed by atoms with Crippen LogP contribution in [0.3, 0.4) is 0 Å². The van der Waals surface area contributed by atoms with Crippen molar-refractivity contribution >= 4 is 0 Å². The van der Waals surface area contributed by atoms with E-state index >= 15 is 0 Å². The monoisotopic (exact) mass is 185 g/mol. The van der Waals surface area contributed by atoms with E-state index < -0.39 is 0 Å². The minimum atomic E-state index is 0.674. The molecular formula is C10H23N3. The zero-order valence-corrected chi connectivity index (χ0v) is 9.14. The van der Waals surface area contributed by atoms with E-state index in [2.05, 4.69) is 36.4 Å². The summed E-state index contributed by atoms with van der Waals surface area (Å²) < 4.78 is 0. The summed E-state index contributed by atoms with van der Waals surface area (Å²) in [6.45, 7) is 10.2. The Labute approximate surface area is 81.9 Å². The summed E-state index contributed by atoms with van der Waals surface area (Å²) in [5.74, 6) is 0.752. The normalized spacial score (nSPS) is 25.4. The zero-order chi connectivity index (χ0) is 9.68. The fraction of sp³-hybridized carbons (Fsp3) is 1.00. The number of nitrogens with zero attached hydrogens (tertiary/aromatic N) is 1. The highest BCUT2D eigenvalue weighted by Gasteiger charge is 2.17. The van der Waals surface area contributed by atoms with Crippen molar-refractivity contribution in [2.75, 3.05) is 39.8 Å². The van der Waals surface area contributed by atoms with Gasteiger partial charge in [-0.25, -0.2) is 0 Å². The minimum Gasteiger partial charge on any atom is -0.315 e. The molecule has 1 atom stereocenters. The Bertz CT molecular complexity index is 136. The van der Waals surface area contributed by atoms with Crippen LogP contribution in [0.1, 0.15) is 13.8 Å². The summed E-state index contributed by atoms with van der Waals surface area (Å²) in [5, 5.41) is 6.92. The molecule has 3 heteroatoms. The minimum absolute atomic E-state index is 0.674. The molecule has 0 amide bonds. The molecular weight excluding hydrogens is 162 g/mol. The van der Waals surface area contributed by atoms with Crippen molar-refractivity contribution in [1.82, 2.24) is 15.5 Å². The van der Waals surface area contributed by atoms with E-state index in [4.69, 9.17) is 0 Å². The van der Waals surface area contributed by atoms with Crippen LogP contribution in [0.5, 0.6) is 0 Å². The molecule has 1 aliphatic heterocycles. The van der Waals surface area contributed by atoms with Crippen molar-refractivity contribution in [1.29, 1.82) is 0 Å². The van der Waals surface area contributed by atoms with E-state index in [1.807, 2.05) is 0 Å². The van der Waals surface area contributed by atoms with Gasteiger partial charge in [0, 0.05) is 32.2 Å². The third-order valence-corrected chi connectivity index (χ3v) is 2.58. The van der Waals surface area contributed by atoms with Gasteiger partial charge in [-0.2, -0.15) is 0 Å². The SMILES string of the molecule is CC(C)CNCC1CNCCN1C. The molecule has 2 N–H and O–H groups in total. The Hall–Kier alpha value is -0.120. The molecule has 3 nitrogen and oxygen atoms in total. The first-order valence-electron chi connectivity index (χ1n) is 5.32. The molecule has 0 bridgehead atoms. The second-order valence-electron chi connectivity index (χ2n) is 4.39. The van der Waals surface area contributed by atoms with Gasteiger partial charge in [0.15, 0.2) is 0 Å². The van der Waals surface area contributed by atoms with Gasteiger partial charge < -0.3 is 10.6 Å². The lowest BCUT2D eigenvalue weighted by Crippen LogP contribution is -2.53. The van der Waals surface area contributed by atoms with Gasteiger partial charge in [-0.05, 0) is 19.5 Å². The highest BCUT2D eigenvalue weighted by Crippen LogP contribution is 1.98. The first kappa shape index (κ1) is 11.0. The number of likely N-dealkylation sites (N-methyl/N-ethyl adjacent to an activating group) is 1. The van der Waals surface area contributed by atoms with Gasteiger partial charge in [0.05, 0.1) is 0 Å². The molecule has 0 radical (unpaired) electrons. The molecule has 1 unspecified atom stereocenters. The highest BCUT2D eigenvalue weighted by molar-refractivity contribution is 4.79. The molecule has 1 fully saturated rings. The third-order valence-electron chi connectivity index (χ3n) is 2.58. The lowest BCUT2D eigenvalue weighted by atomic mass is 10.2. The number of hydrogen-bond donors (Lipinski definition) is 2. The van der Waals surface area contributed by atoms with Crippen LogP contribution in [0.15, 0.2) is 0 Å². The summed E-state index contributed by atoms with van der Waals surface area (Å²) >= 11 is 0. The van der Waals surface area contributed by atoms with E-state index in [9.17, 15) is 0 Å². The maximum Gasteiger partial charge on any atom is 0.0342 e. The van der Waals surface area contributed by atoms with Gasteiger partial charge in [0.25, 0.3) is 0 Å². The van der Waals surface area contributed by atoms with Crippen molar-refractivity contribution in [2.24, 2.45) is 5.92 Å². The van der Waals surface area contributed by atoms with Crippen molar-refractivity contribution in [3.63, 3.8) is 0 Å². The van der Waals surface area contributed by atoms with Crippen LogP contribution in [0.25, 0.3) is 0 Å². The first-order valence-corrected chi connectivity index (χ1v) is 5.32. The molecule has 1 heterocycles. The molecule has 13 heavy (non-hydrogen) atoms. The van der Waals surface area contributed by atoms with Crippen LogP contribution in [0, 0.1) is 5.92 Å². The predicted octanol–water partition coefficient (Wildman–Crippen LogP) is 0.136. The second kappa shape index (κ2) is 5.58. The summed E-state index contributed by atoms with van der Waals surface area (Å²) in [6, 6.07) is 0.674. The Morgan fingerprint density at radius 2 is 2.31 bits per heavy atom. The Balaban J connectivity index is 2.11. The average Bonchev–Trinajstić information content (AvgIpc) is 2.08. The van der Waals surface area contributed by atoms with Crippen LogP contribution in [0.2, 0.25) is 0 Å². The van der Waals surface area contributed by atoms with Gasteiger partial charge in [-0.3, -0.25) is 4.90 Å². The van der Waals surface area contributed by atoms with Gasteiger partial charge in [-0.15, -0.1) is 0 Å². The molecule has 0 saturated carbocycles.